The Morgan fingerprint density at radius 2 is 1.68 bits per heavy atom. The zero-order valence-corrected chi connectivity index (χ0v) is 12.6. The van der Waals surface area contributed by atoms with E-state index in [4.69, 9.17) is 4.74 Å². The monoisotopic (exact) mass is 298 g/mol. The minimum absolute atomic E-state index is 0.226. The third-order valence-electron chi connectivity index (χ3n) is 3.23. The van der Waals surface area contributed by atoms with Gasteiger partial charge in [0.05, 0.1) is 7.11 Å². The van der Waals surface area contributed by atoms with Crippen LogP contribution in [-0.4, -0.2) is 18.9 Å². The summed E-state index contributed by atoms with van der Waals surface area (Å²) < 4.78 is 5.20. The van der Waals surface area contributed by atoms with Gasteiger partial charge in [-0.05, 0) is 24.6 Å². The maximum absolute atomic E-state index is 11.9. The second kappa shape index (κ2) is 7.26. The third kappa shape index (κ3) is 3.85. The number of hydrogen-bond donors (Lipinski definition) is 2. The maximum atomic E-state index is 11.9. The molecule has 0 unspecified atom stereocenters. The van der Waals surface area contributed by atoms with Gasteiger partial charge in [-0.2, -0.15) is 0 Å². The Labute approximate surface area is 129 Å². The number of nitrogens with one attached hydrogen (secondary N) is 2. The average molecular weight is 298 g/mol. The first kappa shape index (κ1) is 15.6. The minimum atomic E-state index is -0.691. The van der Waals surface area contributed by atoms with Gasteiger partial charge in [-0.3, -0.25) is 9.59 Å². The highest BCUT2D eigenvalue weighted by atomic mass is 16.5. The van der Waals surface area contributed by atoms with E-state index in [1.807, 2.05) is 37.3 Å². The molecule has 0 spiro atoms. The summed E-state index contributed by atoms with van der Waals surface area (Å²) in [4.78, 5) is 23.8. The van der Waals surface area contributed by atoms with Gasteiger partial charge in [-0.15, -0.1) is 0 Å². The summed E-state index contributed by atoms with van der Waals surface area (Å²) in [6, 6.07) is 14.6. The lowest BCUT2D eigenvalue weighted by Crippen LogP contribution is -2.35. The van der Waals surface area contributed by atoms with E-state index in [0.29, 0.717) is 11.4 Å². The van der Waals surface area contributed by atoms with E-state index < -0.39 is 11.8 Å². The van der Waals surface area contributed by atoms with Crippen LogP contribution in [-0.2, 0) is 16.1 Å². The molecule has 0 atom stereocenters. The fourth-order valence-corrected chi connectivity index (χ4v) is 2.00. The summed E-state index contributed by atoms with van der Waals surface area (Å²) >= 11 is 0. The normalized spacial score (nSPS) is 9.91. The molecule has 0 aliphatic rings. The van der Waals surface area contributed by atoms with Crippen LogP contribution in [0, 0.1) is 6.92 Å². The molecular weight excluding hydrogens is 280 g/mol. The van der Waals surface area contributed by atoms with Crippen LogP contribution >= 0.6 is 0 Å². The van der Waals surface area contributed by atoms with Crippen LogP contribution in [0.3, 0.4) is 0 Å². The second-order valence-corrected chi connectivity index (χ2v) is 4.76. The van der Waals surface area contributed by atoms with Crippen molar-refractivity contribution in [2.45, 2.75) is 13.5 Å². The number of rotatable bonds is 4. The van der Waals surface area contributed by atoms with E-state index in [2.05, 4.69) is 10.6 Å². The van der Waals surface area contributed by atoms with Gasteiger partial charge in [0, 0.05) is 17.8 Å². The Hall–Kier alpha value is -2.82. The molecule has 0 aliphatic heterocycles. The number of ether oxygens (including phenoxy) is 1. The third-order valence-corrected chi connectivity index (χ3v) is 3.23. The van der Waals surface area contributed by atoms with Crippen molar-refractivity contribution in [3.63, 3.8) is 0 Å². The Morgan fingerprint density at radius 1 is 1.00 bits per heavy atom. The molecule has 0 radical (unpaired) electrons. The van der Waals surface area contributed by atoms with Gasteiger partial charge in [0.1, 0.15) is 5.75 Å². The smallest absolute Gasteiger partial charge is 0.313 e. The number of carbonyl (C=O) groups excluding carboxylic acids is 2. The van der Waals surface area contributed by atoms with E-state index in [1.54, 1.807) is 25.3 Å². The summed E-state index contributed by atoms with van der Waals surface area (Å²) in [6.45, 7) is 2.09. The number of benzene rings is 2. The van der Waals surface area contributed by atoms with Crippen LogP contribution in [0.15, 0.2) is 48.5 Å². The van der Waals surface area contributed by atoms with Crippen molar-refractivity contribution < 1.29 is 14.3 Å². The molecule has 2 rings (SSSR count). The first-order chi connectivity index (χ1) is 10.6. The van der Waals surface area contributed by atoms with Crippen LogP contribution in [0.2, 0.25) is 0 Å². The molecule has 0 saturated carbocycles. The van der Waals surface area contributed by atoms with Crippen molar-refractivity contribution in [2.75, 3.05) is 12.4 Å². The van der Waals surface area contributed by atoms with E-state index in [-0.39, 0.29) is 6.54 Å². The van der Waals surface area contributed by atoms with Gasteiger partial charge in [0.2, 0.25) is 0 Å². The second-order valence-electron chi connectivity index (χ2n) is 4.76. The number of carbonyl (C=O) groups is 2. The number of amides is 2. The number of aryl methyl sites for hydroxylation is 1. The van der Waals surface area contributed by atoms with Crippen molar-refractivity contribution in [1.82, 2.24) is 5.32 Å². The highest BCUT2D eigenvalue weighted by molar-refractivity contribution is 6.39. The molecule has 0 fully saturated rings. The van der Waals surface area contributed by atoms with Crippen molar-refractivity contribution >= 4 is 17.5 Å². The van der Waals surface area contributed by atoms with Crippen LogP contribution in [0.4, 0.5) is 5.69 Å². The maximum Gasteiger partial charge on any atom is 0.313 e. The Bertz CT molecular complexity index is 683. The van der Waals surface area contributed by atoms with Crippen molar-refractivity contribution in [2.24, 2.45) is 0 Å². The first-order valence-corrected chi connectivity index (χ1v) is 6.88. The Kier molecular flexibility index (Phi) is 5.14. The van der Waals surface area contributed by atoms with E-state index >= 15 is 0 Å². The molecule has 5 heteroatoms. The molecule has 2 aromatic carbocycles. The lowest BCUT2D eigenvalue weighted by molar-refractivity contribution is -0.136. The van der Waals surface area contributed by atoms with Gasteiger partial charge >= 0.3 is 11.8 Å². The van der Waals surface area contributed by atoms with Crippen molar-refractivity contribution in [1.29, 1.82) is 0 Å². The fraction of sp³-hybridized carbons (Fsp3) is 0.176. The molecule has 2 aromatic rings. The van der Waals surface area contributed by atoms with E-state index in [1.165, 1.54) is 0 Å². The largest absolute Gasteiger partial charge is 0.496 e. The summed E-state index contributed by atoms with van der Waals surface area (Å²) in [5.41, 5.74) is 2.33. The zero-order valence-electron chi connectivity index (χ0n) is 12.6. The number of para-hydroxylation sites is 2. The standard InChI is InChI=1S/C17H18N2O3/c1-12-7-3-5-9-14(12)19-17(21)16(20)18-11-13-8-4-6-10-15(13)22-2/h3-10H,11H2,1-2H3,(H,18,20)(H,19,21). The van der Waals surface area contributed by atoms with Crippen LogP contribution in [0.25, 0.3) is 0 Å². The topological polar surface area (TPSA) is 67.4 Å². The quantitative estimate of drug-likeness (QED) is 0.851. The summed E-state index contributed by atoms with van der Waals surface area (Å²) in [7, 11) is 1.56. The highest BCUT2D eigenvalue weighted by Gasteiger charge is 2.14. The SMILES string of the molecule is COc1ccccc1CNC(=O)C(=O)Nc1ccccc1C. The summed E-state index contributed by atoms with van der Waals surface area (Å²) in [6.07, 6.45) is 0. The molecule has 2 N–H and O–H groups in total. The fourth-order valence-electron chi connectivity index (χ4n) is 2.00. The molecule has 2 amide bonds. The minimum Gasteiger partial charge on any atom is -0.496 e. The van der Waals surface area contributed by atoms with Gasteiger partial charge in [-0.25, -0.2) is 0 Å². The van der Waals surface area contributed by atoms with Gasteiger partial charge in [0.15, 0.2) is 0 Å². The van der Waals surface area contributed by atoms with Crippen LogP contribution < -0.4 is 15.4 Å². The predicted octanol–water partition coefficient (Wildman–Crippen LogP) is 2.26. The molecule has 0 saturated heterocycles. The predicted molar refractivity (Wildman–Crippen MR) is 84.6 cm³/mol. The van der Waals surface area contributed by atoms with Gasteiger partial charge in [-0.1, -0.05) is 36.4 Å². The number of anilines is 1. The summed E-state index contributed by atoms with van der Waals surface area (Å²) in [5.74, 6) is -0.708. The first-order valence-electron chi connectivity index (χ1n) is 6.88. The number of hydrogen-bond acceptors (Lipinski definition) is 3. The lowest BCUT2D eigenvalue weighted by Gasteiger charge is -2.10. The molecule has 0 heterocycles. The molecule has 0 bridgehead atoms. The Balaban J connectivity index is 1.95. The van der Waals surface area contributed by atoms with Gasteiger partial charge in [0.25, 0.3) is 0 Å². The van der Waals surface area contributed by atoms with Crippen LogP contribution in [0.5, 0.6) is 5.75 Å². The van der Waals surface area contributed by atoms with Crippen molar-refractivity contribution in [3.05, 3.63) is 59.7 Å². The number of methoxy groups -OCH3 is 1. The lowest BCUT2D eigenvalue weighted by atomic mass is 10.2. The zero-order chi connectivity index (χ0) is 15.9. The Morgan fingerprint density at radius 3 is 2.41 bits per heavy atom. The van der Waals surface area contributed by atoms with Gasteiger partial charge < -0.3 is 15.4 Å². The van der Waals surface area contributed by atoms with E-state index in [0.717, 1.165) is 11.1 Å². The summed E-state index contributed by atoms with van der Waals surface area (Å²) in [5, 5.41) is 5.17. The highest BCUT2D eigenvalue weighted by Crippen LogP contribution is 2.16. The molecule has 114 valence electrons. The van der Waals surface area contributed by atoms with E-state index in [9.17, 15) is 9.59 Å². The van der Waals surface area contributed by atoms with Crippen molar-refractivity contribution in [3.8, 4) is 5.75 Å². The molecular formula is C17H18N2O3. The molecule has 0 aromatic heterocycles. The molecule has 0 aliphatic carbocycles. The van der Waals surface area contributed by atoms with Crippen LogP contribution in [0.1, 0.15) is 11.1 Å². The molecule has 5 nitrogen and oxygen atoms in total. The molecule has 22 heavy (non-hydrogen) atoms. The average Bonchev–Trinajstić information content (AvgIpc) is 2.54.